The van der Waals surface area contributed by atoms with E-state index < -0.39 is 0 Å². The third-order valence-electron chi connectivity index (χ3n) is 3.49. The van der Waals surface area contributed by atoms with E-state index >= 15 is 0 Å². The molecule has 1 aromatic rings. The van der Waals surface area contributed by atoms with Crippen LogP contribution in [0.5, 0.6) is 0 Å². The molecule has 1 N–H and O–H groups in total. The lowest BCUT2D eigenvalue weighted by Gasteiger charge is -2.30. The molecule has 20 heavy (non-hydrogen) atoms. The number of carbonyl (C=O) groups excluding carboxylic acids is 1. The molecule has 1 aliphatic rings. The second-order valence-electron chi connectivity index (χ2n) is 5.01. The van der Waals surface area contributed by atoms with Crippen molar-refractivity contribution < 1.29 is 14.6 Å². The van der Waals surface area contributed by atoms with Gasteiger partial charge in [-0.2, -0.15) is 0 Å². The van der Waals surface area contributed by atoms with Gasteiger partial charge in [0.1, 0.15) is 5.56 Å². The summed E-state index contributed by atoms with van der Waals surface area (Å²) in [6.45, 7) is 7.17. The summed E-state index contributed by atoms with van der Waals surface area (Å²) >= 11 is 0. The van der Waals surface area contributed by atoms with E-state index in [4.69, 9.17) is 4.74 Å². The number of aromatic nitrogens is 2. The van der Waals surface area contributed by atoms with Crippen LogP contribution in [0.15, 0.2) is 0 Å². The van der Waals surface area contributed by atoms with Crippen LogP contribution in [-0.2, 0) is 4.74 Å². The summed E-state index contributed by atoms with van der Waals surface area (Å²) in [5.41, 5.74) is 1.72. The molecule has 0 unspecified atom stereocenters. The molecule has 1 fully saturated rings. The lowest BCUT2D eigenvalue weighted by atomic mass is 10.1. The fourth-order valence-electron chi connectivity index (χ4n) is 2.40. The van der Waals surface area contributed by atoms with Crippen molar-refractivity contribution in [1.82, 2.24) is 9.97 Å². The zero-order valence-electron chi connectivity index (χ0n) is 12.2. The second kappa shape index (κ2) is 6.17. The van der Waals surface area contributed by atoms with Gasteiger partial charge in [-0.05, 0) is 33.6 Å². The van der Waals surface area contributed by atoms with E-state index in [-0.39, 0.29) is 12.1 Å². The summed E-state index contributed by atoms with van der Waals surface area (Å²) in [6.07, 6.45) is 1.22. The summed E-state index contributed by atoms with van der Waals surface area (Å²) in [7, 11) is 0. The monoisotopic (exact) mass is 279 g/mol. The zero-order valence-corrected chi connectivity index (χ0v) is 12.2. The Morgan fingerprint density at radius 1 is 1.30 bits per heavy atom. The summed E-state index contributed by atoms with van der Waals surface area (Å²) in [4.78, 5) is 22.7. The van der Waals surface area contributed by atoms with Crippen LogP contribution < -0.4 is 4.90 Å². The molecule has 0 saturated carbocycles. The van der Waals surface area contributed by atoms with Crippen LogP contribution in [0.3, 0.4) is 0 Å². The Labute approximate surface area is 118 Å². The van der Waals surface area contributed by atoms with E-state index in [2.05, 4.69) is 9.97 Å². The Balaban J connectivity index is 2.23. The third kappa shape index (κ3) is 3.07. The number of hydrogen-bond acceptors (Lipinski definition) is 6. The molecule has 1 aliphatic heterocycles. The highest BCUT2D eigenvalue weighted by atomic mass is 16.5. The molecule has 1 aromatic heterocycles. The molecule has 0 amide bonds. The number of ether oxygens (including phenoxy) is 1. The SMILES string of the molecule is CCOC(=O)c1c(C)nc(N2CCC(O)CC2)nc1C. The maximum absolute atomic E-state index is 11.9. The summed E-state index contributed by atoms with van der Waals surface area (Å²) in [5, 5.41) is 9.53. The van der Waals surface area contributed by atoms with Gasteiger partial charge in [0, 0.05) is 13.1 Å². The molecule has 0 spiro atoms. The first-order valence-electron chi connectivity index (χ1n) is 6.98. The number of hydrogen-bond donors (Lipinski definition) is 1. The van der Waals surface area contributed by atoms with E-state index in [9.17, 15) is 9.90 Å². The summed E-state index contributed by atoms with van der Waals surface area (Å²) < 4.78 is 5.02. The maximum atomic E-state index is 11.9. The van der Waals surface area contributed by atoms with E-state index in [1.165, 1.54) is 0 Å². The van der Waals surface area contributed by atoms with Gasteiger partial charge in [0.25, 0.3) is 0 Å². The van der Waals surface area contributed by atoms with Crippen molar-refractivity contribution >= 4 is 11.9 Å². The minimum atomic E-state index is -0.372. The van der Waals surface area contributed by atoms with Crippen LogP contribution in [0, 0.1) is 13.8 Å². The number of esters is 1. The van der Waals surface area contributed by atoms with Crippen molar-refractivity contribution in [3.05, 3.63) is 17.0 Å². The van der Waals surface area contributed by atoms with Gasteiger partial charge in [-0.25, -0.2) is 14.8 Å². The lowest BCUT2D eigenvalue weighted by molar-refractivity contribution is 0.0523. The Bertz CT molecular complexity index is 473. The van der Waals surface area contributed by atoms with Gasteiger partial charge in [-0.15, -0.1) is 0 Å². The smallest absolute Gasteiger partial charge is 0.341 e. The molecule has 110 valence electrons. The first-order valence-corrected chi connectivity index (χ1v) is 6.98. The van der Waals surface area contributed by atoms with E-state index in [0.717, 1.165) is 25.9 Å². The average molecular weight is 279 g/mol. The fourth-order valence-corrected chi connectivity index (χ4v) is 2.40. The number of rotatable bonds is 3. The molecule has 2 heterocycles. The number of piperidine rings is 1. The molecular formula is C14H21N3O3. The topological polar surface area (TPSA) is 75.5 Å². The van der Waals surface area contributed by atoms with E-state index in [1.54, 1.807) is 20.8 Å². The highest BCUT2D eigenvalue weighted by molar-refractivity contribution is 5.91. The first-order chi connectivity index (χ1) is 9.52. The van der Waals surface area contributed by atoms with Gasteiger partial charge in [0.15, 0.2) is 0 Å². The Kier molecular flexibility index (Phi) is 4.54. The molecule has 6 heteroatoms. The Morgan fingerprint density at radius 2 is 1.85 bits per heavy atom. The minimum Gasteiger partial charge on any atom is -0.462 e. The zero-order chi connectivity index (χ0) is 14.7. The summed E-state index contributed by atoms with van der Waals surface area (Å²) in [6, 6.07) is 0. The maximum Gasteiger partial charge on any atom is 0.341 e. The lowest BCUT2D eigenvalue weighted by Crippen LogP contribution is -2.37. The number of nitrogens with zero attached hydrogens (tertiary/aromatic N) is 3. The fraction of sp³-hybridized carbons (Fsp3) is 0.643. The van der Waals surface area contributed by atoms with Crippen LogP contribution in [-0.4, -0.2) is 46.8 Å². The highest BCUT2D eigenvalue weighted by Gasteiger charge is 2.22. The molecule has 1 saturated heterocycles. The van der Waals surface area contributed by atoms with Gasteiger partial charge in [-0.3, -0.25) is 0 Å². The predicted octanol–water partition coefficient (Wildman–Crippen LogP) is 1.23. The van der Waals surface area contributed by atoms with Crippen molar-refractivity contribution in [3.63, 3.8) is 0 Å². The molecule has 0 aliphatic carbocycles. The normalized spacial score (nSPS) is 16.3. The number of aliphatic hydroxyl groups is 1. The van der Waals surface area contributed by atoms with Crippen LogP contribution in [0.1, 0.15) is 41.5 Å². The standard InChI is InChI=1S/C14H21N3O3/c1-4-20-13(19)12-9(2)15-14(16-10(12)3)17-7-5-11(18)6-8-17/h11,18H,4-8H2,1-3H3. The third-order valence-corrected chi connectivity index (χ3v) is 3.49. The van der Waals surface area contributed by atoms with Gasteiger partial charge in [0.2, 0.25) is 5.95 Å². The molecule has 0 bridgehead atoms. The van der Waals surface area contributed by atoms with Gasteiger partial charge >= 0.3 is 5.97 Å². The minimum absolute atomic E-state index is 0.229. The Morgan fingerprint density at radius 3 is 2.35 bits per heavy atom. The first kappa shape index (κ1) is 14.7. The van der Waals surface area contributed by atoms with Crippen molar-refractivity contribution in [2.45, 2.75) is 39.7 Å². The van der Waals surface area contributed by atoms with Crippen molar-refractivity contribution in [3.8, 4) is 0 Å². The number of anilines is 1. The molecule has 6 nitrogen and oxygen atoms in total. The van der Waals surface area contributed by atoms with Crippen LogP contribution in [0.2, 0.25) is 0 Å². The molecular weight excluding hydrogens is 258 g/mol. The van der Waals surface area contributed by atoms with E-state index in [0.29, 0.717) is 29.5 Å². The largest absolute Gasteiger partial charge is 0.462 e. The molecule has 0 aromatic carbocycles. The quantitative estimate of drug-likeness (QED) is 0.839. The Hall–Kier alpha value is -1.69. The molecule has 2 rings (SSSR count). The van der Waals surface area contributed by atoms with Crippen molar-refractivity contribution in [2.75, 3.05) is 24.6 Å². The number of aliphatic hydroxyl groups excluding tert-OH is 1. The van der Waals surface area contributed by atoms with Crippen molar-refractivity contribution in [2.24, 2.45) is 0 Å². The molecule has 0 radical (unpaired) electrons. The van der Waals surface area contributed by atoms with Crippen LogP contribution in [0.25, 0.3) is 0 Å². The second-order valence-corrected chi connectivity index (χ2v) is 5.01. The highest BCUT2D eigenvalue weighted by Crippen LogP contribution is 2.20. The summed E-state index contributed by atoms with van der Waals surface area (Å²) in [5.74, 6) is 0.253. The van der Waals surface area contributed by atoms with Gasteiger partial charge in [0.05, 0.1) is 24.1 Å². The van der Waals surface area contributed by atoms with E-state index in [1.807, 2.05) is 4.90 Å². The van der Waals surface area contributed by atoms with Crippen LogP contribution >= 0.6 is 0 Å². The number of aryl methyl sites for hydroxylation is 2. The van der Waals surface area contributed by atoms with Gasteiger partial charge in [-0.1, -0.05) is 0 Å². The van der Waals surface area contributed by atoms with Crippen molar-refractivity contribution in [1.29, 1.82) is 0 Å². The average Bonchev–Trinajstić information content (AvgIpc) is 2.39. The van der Waals surface area contributed by atoms with Crippen LogP contribution in [0.4, 0.5) is 5.95 Å². The molecule has 0 atom stereocenters. The number of carbonyl (C=O) groups is 1. The predicted molar refractivity (Wildman–Crippen MR) is 74.9 cm³/mol. The van der Waals surface area contributed by atoms with Gasteiger partial charge < -0.3 is 14.7 Å².